The van der Waals surface area contributed by atoms with Crippen LogP contribution in [0.4, 0.5) is 0 Å². The molecule has 1 fully saturated rings. The number of benzene rings is 6. The number of hydrogen-bond donors (Lipinski definition) is 0. The van der Waals surface area contributed by atoms with Gasteiger partial charge in [-0.2, -0.15) is 0 Å². The van der Waals surface area contributed by atoms with Crippen LogP contribution in [0.15, 0.2) is 78.9 Å². The molecule has 0 aromatic heterocycles. The van der Waals surface area contributed by atoms with E-state index in [2.05, 4.69) is 148 Å². The molecule has 0 N–H and O–H groups in total. The lowest BCUT2D eigenvalue weighted by atomic mass is 9.74. The van der Waals surface area contributed by atoms with E-state index in [9.17, 15) is 0 Å². The fraction of sp³-hybridized carbons (Fsp3) is 0.350. The minimum Gasteiger partial charge on any atom is -0.399 e. The summed E-state index contributed by atoms with van der Waals surface area (Å²) in [6, 6.07) is 30.0. The maximum Gasteiger partial charge on any atom is 0.495 e. The second kappa shape index (κ2) is 9.06. The third-order valence-electron chi connectivity index (χ3n) is 10.2. The molecule has 0 atom stereocenters. The first-order valence-corrected chi connectivity index (χ1v) is 15.7. The highest BCUT2D eigenvalue weighted by molar-refractivity contribution is 6.66. The molecule has 0 radical (unpaired) electrons. The number of rotatable bonds is 2. The van der Waals surface area contributed by atoms with Crippen molar-refractivity contribution in [3.05, 3.63) is 90.0 Å². The van der Waals surface area contributed by atoms with Crippen molar-refractivity contribution in [2.75, 3.05) is 0 Å². The maximum absolute atomic E-state index is 6.53. The van der Waals surface area contributed by atoms with Crippen molar-refractivity contribution in [2.45, 2.75) is 91.3 Å². The van der Waals surface area contributed by atoms with Gasteiger partial charge < -0.3 is 9.31 Å². The lowest BCUT2D eigenvalue weighted by molar-refractivity contribution is 0.00578. The van der Waals surface area contributed by atoms with Gasteiger partial charge >= 0.3 is 7.12 Å². The summed E-state index contributed by atoms with van der Waals surface area (Å²) in [6.07, 6.45) is 0. The van der Waals surface area contributed by atoms with Crippen LogP contribution in [-0.2, 0) is 20.1 Å². The van der Waals surface area contributed by atoms with E-state index in [-0.39, 0.29) is 22.0 Å². The molecular weight excluding hydrogens is 523 g/mol. The molecule has 1 aliphatic heterocycles. The summed E-state index contributed by atoms with van der Waals surface area (Å²) >= 11 is 0. The SMILES string of the molecule is CC(C)(C)c1cc(-c2ccc3c4ccc(B5OC(C)(C)C(C)(C)O5)c5cccc(c6cccc2c63)c54)cc(C(C)(C)C)c1. The van der Waals surface area contributed by atoms with Crippen molar-refractivity contribution in [3.63, 3.8) is 0 Å². The van der Waals surface area contributed by atoms with Crippen molar-refractivity contribution in [2.24, 2.45) is 0 Å². The molecule has 0 amide bonds. The molecule has 218 valence electrons. The first-order valence-electron chi connectivity index (χ1n) is 15.7. The molecule has 0 aliphatic carbocycles. The molecule has 1 heterocycles. The Balaban J connectivity index is 1.50. The van der Waals surface area contributed by atoms with Gasteiger partial charge in [0, 0.05) is 0 Å². The second-order valence-corrected chi connectivity index (χ2v) is 15.7. The minimum atomic E-state index is -0.402. The first-order chi connectivity index (χ1) is 20.1. The Kier molecular flexibility index (Phi) is 5.98. The van der Waals surface area contributed by atoms with E-state index >= 15 is 0 Å². The highest BCUT2D eigenvalue weighted by Gasteiger charge is 2.52. The molecule has 6 aromatic rings. The van der Waals surface area contributed by atoms with Gasteiger partial charge in [-0.05, 0) is 109 Å². The van der Waals surface area contributed by atoms with Crippen LogP contribution in [0.3, 0.4) is 0 Å². The molecule has 0 unspecified atom stereocenters. The minimum absolute atomic E-state index is 0.0613. The van der Waals surface area contributed by atoms with Crippen molar-refractivity contribution in [3.8, 4) is 11.1 Å². The molecular formula is C40H43BO2. The van der Waals surface area contributed by atoms with Crippen LogP contribution in [0, 0.1) is 0 Å². The normalized spacial score (nSPS) is 17.2. The Morgan fingerprint density at radius 1 is 0.512 bits per heavy atom. The standard InChI is InChI=1S/C40H43BO2/c1-37(2,3)25-21-24(22-26(23-25)38(4,5)6)27-17-18-31-32-19-20-34(41-42-39(7,8)40(9,10)43-41)33-16-12-15-30(36(32)33)29-14-11-13-28(27)35(29)31/h11-23H,1-10H3. The zero-order valence-corrected chi connectivity index (χ0v) is 27.4. The van der Waals surface area contributed by atoms with Gasteiger partial charge in [0.2, 0.25) is 0 Å². The van der Waals surface area contributed by atoms with Crippen LogP contribution in [0.2, 0.25) is 0 Å². The second-order valence-electron chi connectivity index (χ2n) is 15.7. The predicted octanol–water partition coefficient (Wildman–Crippen LogP) is 10.3. The van der Waals surface area contributed by atoms with Crippen molar-refractivity contribution in [1.29, 1.82) is 0 Å². The zero-order valence-electron chi connectivity index (χ0n) is 27.4. The van der Waals surface area contributed by atoms with E-state index in [1.165, 1.54) is 65.3 Å². The Morgan fingerprint density at radius 2 is 0.953 bits per heavy atom. The van der Waals surface area contributed by atoms with Gasteiger partial charge in [0.05, 0.1) is 11.2 Å². The van der Waals surface area contributed by atoms with E-state index in [4.69, 9.17) is 9.31 Å². The van der Waals surface area contributed by atoms with Gasteiger partial charge in [-0.1, -0.05) is 120 Å². The van der Waals surface area contributed by atoms with Gasteiger partial charge in [-0.15, -0.1) is 0 Å². The molecule has 0 saturated carbocycles. The van der Waals surface area contributed by atoms with Crippen molar-refractivity contribution < 1.29 is 9.31 Å². The number of hydrogen-bond acceptors (Lipinski definition) is 2. The lowest BCUT2D eigenvalue weighted by Gasteiger charge is -2.32. The van der Waals surface area contributed by atoms with E-state index in [0.717, 1.165) is 5.46 Å². The topological polar surface area (TPSA) is 18.5 Å². The molecule has 2 nitrogen and oxygen atoms in total. The van der Waals surface area contributed by atoms with Crippen LogP contribution >= 0.6 is 0 Å². The summed E-state index contributed by atoms with van der Waals surface area (Å²) in [5.74, 6) is 0. The zero-order chi connectivity index (χ0) is 30.7. The van der Waals surface area contributed by atoms with Gasteiger partial charge in [0.15, 0.2) is 0 Å². The fourth-order valence-corrected chi connectivity index (χ4v) is 6.81. The molecule has 43 heavy (non-hydrogen) atoms. The smallest absolute Gasteiger partial charge is 0.399 e. The Bertz CT molecular complexity index is 1980. The fourth-order valence-electron chi connectivity index (χ4n) is 6.81. The maximum atomic E-state index is 6.53. The highest BCUT2D eigenvalue weighted by Crippen LogP contribution is 2.45. The van der Waals surface area contributed by atoms with E-state index in [1.807, 2.05) is 0 Å². The average Bonchev–Trinajstić information content (AvgIpc) is 3.16. The third kappa shape index (κ3) is 4.31. The highest BCUT2D eigenvalue weighted by atomic mass is 16.7. The Hall–Kier alpha value is -3.40. The Labute approximate surface area is 256 Å². The quantitative estimate of drug-likeness (QED) is 0.118. The van der Waals surface area contributed by atoms with Crippen molar-refractivity contribution in [1.82, 2.24) is 0 Å². The number of fused-ring (bicyclic) bond motifs is 2. The largest absolute Gasteiger partial charge is 0.495 e. The summed E-state index contributed by atoms with van der Waals surface area (Å²) in [6.45, 7) is 22.3. The molecule has 1 saturated heterocycles. The summed E-state index contributed by atoms with van der Waals surface area (Å²) in [4.78, 5) is 0. The Morgan fingerprint density at radius 3 is 1.49 bits per heavy atom. The summed E-state index contributed by atoms with van der Waals surface area (Å²) in [7, 11) is -0.402. The van der Waals surface area contributed by atoms with Crippen LogP contribution in [0.25, 0.3) is 54.2 Å². The van der Waals surface area contributed by atoms with Crippen LogP contribution < -0.4 is 5.46 Å². The van der Waals surface area contributed by atoms with Gasteiger partial charge in [0.1, 0.15) is 0 Å². The molecule has 7 rings (SSSR count). The molecule has 0 spiro atoms. The monoisotopic (exact) mass is 566 g/mol. The van der Waals surface area contributed by atoms with Gasteiger partial charge in [-0.3, -0.25) is 0 Å². The molecule has 0 bridgehead atoms. The van der Waals surface area contributed by atoms with Gasteiger partial charge in [-0.25, -0.2) is 0 Å². The molecule has 1 aliphatic rings. The van der Waals surface area contributed by atoms with Crippen LogP contribution in [-0.4, -0.2) is 18.3 Å². The first kappa shape index (κ1) is 28.4. The van der Waals surface area contributed by atoms with Gasteiger partial charge in [0.25, 0.3) is 0 Å². The van der Waals surface area contributed by atoms with E-state index in [0.29, 0.717) is 0 Å². The molecule has 6 aromatic carbocycles. The van der Waals surface area contributed by atoms with E-state index in [1.54, 1.807) is 0 Å². The molecule has 3 heteroatoms. The average molecular weight is 567 g/mol. The third-order valence-corrected chi connectivity index (χ3v) is 10.2. The van der Waals surface area contributed by atoms with Crippen LogP contribution in [0.1, 0.15) is 80.4 Å². The lowest BCUT2D eigenvalue weighted by Crippen LogP contribution is -2.41. The summed E-state index contributed by atoms with van der Waals surface area (Å²) in [5.41, 5.74) is 5.79. The van der Waals surface area contributed by atoms with Crippen molar-refractivity contribution >= 4 is 55.7 Å². The predicted molar refractivity (Wildman–Crippen MR) is 186 cm³/mol. The summed E-state index contributed by atoms with van der Waals surface area (Å²) in [5, 5.41) is 10.3. The summed E-state index contributed by atoms with van der Waals surface area (Å²) < 4.78 is 13.1. The van der Waals surface area contributed by atoms with Crippen LogP contribution in [0.5, 0.6) is 0 Å². The van der Waals surface area contributed by atoms with E-state index < -0.39 is 7.12 Å².